The Hall–Kier alpha value is -0.770. The van der Waals surface area contributed by atoms with Crippen LogP contribution in [0.4, 0.5) is 0 Å². The first-order valence-corrected chi connectivity index (χ1v) is 9.17. The lowest BCUT2D eigenvalue weighted by atomic mass is 9.85. The second-order valence-corrected chi connectivity index (χ2v) is 7.51. The van der Waals surface area contributed by atoms with E-state index in [4.69, 9.17) is 16.3 Å². The highest BCUT2D eigenvalue weighted by Gasteiger charge is 2.23. The lowest BCUT2D eigenvalue weighted by Gasteiger charge is -2.26. The average Bonchev–Trinajstić information content (AvgIpc) is 2.54. The van der Waals surface area contributed by atoms with Crippen molar-refractivity contribution in [2.75, 3.05) is 27.2 Å². The number of para-hydroxylation sites is 1. The molecule has 2 unspecified atom stereocenters. The molecule has 1 aromatic rings. The van der Waals surface area contributed by atoms with Crippen molar-refractivity contribution in [3.8, 4) is 5.75 Å². The molecular weight excluding hydrogens is 310 g/mol. The Labute approximate surface area is 145 Å². The van der Waals surface area contributed by atoms with Crippen LogP contribution in [0.25, 0.3) is 0 Å². The first kappa shape index (κ1) is 18.6. The van der Waals surface area contributed by atoms with Gasteiger partial charge in [0.2, 0.25) is 0 Å². The first-order chi connectivity index (χ1) is 11.1. The molecule has 0 heterocycles. The number of benzene rings is 1. The van der Waals surface area contributed by atoms with Crippen LogP contribution in [0.15, 0.2) is 24.3 Å². The molecule has 1 saturated carbocycles. The molecule has 1 aliphatic carbocycles. The number of alkyl halides is 1. The summed E-state index contributed by atoms with van der Waals surface area (Å²) >= 11 is 6.69. The van der Waals surface area contributed by atoms with E-state index in [1.54, 1.807) is 0 Å². The zero-order valence-electron chi connectivity index (χ0n) is 14.4. The Balaban J connectivity index is 1.91. The average molecular weight is 340 g/mol. The van der Waals surface area contributed by atoms with Gasteiger partial charge in [0.05, 0.1) is 0 Å². The van der Waals surface area contributed by atoms with Gasteiger partial charge >= 0.3 is 0 Å². The smallest absolute Gasteiger partial charge is 0.122 e. The lowest BCUT2D eigenvalue weighted by molar-refractivity contribution is 0.0826. The van der Waals surface area contributed by atoms with Crippen LogP contribution < -0.4 is 4.74 Å². The molecule has 1 aliphatic rings. The summed E-state index contributed by atoms with van der Waals surface area (Å²) in [5, 5.41) is 10.1. The lowest BCUT2D eigenvalue weighted by Crippen LogP contribution is -2.30. The molecule has 130 valence electrons. The number of hydrogen-bond donors (Lipinski definition) is 1. The molecule has 0 aliphatic heterocycles. The van der Waals surface area contributed by atoms with Gasteiger partial charge in [-0.3, -0.25) is 0 Å². The summed E-state index contributed by atoms with van der Waals surface area (Å²) in [5.74, 6) is 1.48. The van der Waals surface area contributed by atoms with Gasteiger partial charge in [0, 0.05) is 11.9 Å². The second kappa shape index (κ2) is 9.51. The fourth-order valence-corrected chi connectivity index (χ4v) is 3.76. The maximum Gasteiger partial charge on any atom is 0.122 e. The van der Waals surface area contributed by atoms with Crippen LogP contribution in [0.2, 0.25) is 0 Å². The van der Waals surface area contributed by atoms with E-state index in [0.717, 1.165) is 17.7 Å². The van der Waals surface area contributed by atoms with Gasteiger partial charge in [-0.15, -0.1) is 11.6 Å². The van der Waals surface area contributed by atoms with Crippen LogP contribution in [-0.2, 0) is 6.42 Å². The Kier molecular flexibility index (Phi) is 7.68. The third-order valence-corrected chi connectivity index (χ3v) is 5.07. The molecule has 0 aromatic heterocycles. The van der Waals surface area contributed by atoms with E-state index in [-0.39, 0.29) is 5.38 Å². The minimum absolute atomic E-state index is 0.173. The van der Waals surface area contributed by atoms with Crippen molar-refractivity contribution in [3.63, 3.8) is 0 Å². The predicted octanol–water partition coefficient (Wildman–Crippen LogP) is 3.72. The summed E-state index contributed by atoms with van der Waals surface area (Å²) in [4.78, 5) is 1.96. The maximum atomic E-state index is 9.96. The molecular formula is C19H30ClNO2. The maximum absolute atomic E-state index is 9.96. The van der Waals surface area contributed by atoms with E-state index in [0.29, 0.717) is 19.1 Å². The van der Waals surface area contributed by atoms with Crippen molar-refractivity contribution >= 4 is 11.6 Å². The quantitative estimate of drug-likeness (QED) is 0.733. The van der Waals surface area contributed by atoms with Gasteiger partial charge in [0.15, 0.2) is 0 Å². The SMILES string of the molecule is CN(C)CC(O)COc1ccccc1CC(Cl)C1CCCCC1. The number of likely N-dealkylation sites (N-methyl/N-ethyl adjacent to an activating group) is 1. The summed E-state index contributed by atoms with van der Waals surface area (Å²) in [6.07, 6.45) is 6.82. The van der Waals surface area contributed by atoms with Crippen molar-refractivity contribution < 1.29 is 9.84 Å². The van der Waals surface area contributed by atoms with Crippen LogP contribution in [0.3, 0.4) is 0 Å². The van der Waals surface area contributed by atoms with Crippen molar-refractivity contribution in [1.29, 1.82) is 0 Å². The molecule has 1 aromatic carbocycles. The van der Waals surface area contributed by atoms with Gasteiger partial charge in [-0.25, -0.2) is 0 Å². The van der Waals surface area contributed by atoms with Gasteiger partial charge < -0.3 is 14.7 Å². The van der Waals surface area contributed by atoms with Crippen molar-refractivity contribution in [1.82, 2.24) is 4.90 Å². The molecule has 0 amide bonds. The number of rotatable bonds is 8. The van der Waals surface area contributed by atoms with Gasteiger partial charge in [0.1, 0.15) is 18.5 Å². The molecule has 4 heteroatoms. The normalized spacial score (nSPS) is 18.8. The molecule has 0 spiro atoms. The minimum atomic E-state index is -0.483. The monoisotopic (exact) mass is 339 g/mol. The Morgan fingerprint density at radius 3 is 2.61 bits per heavy atom. The summed E-state index contributed by atoms with van der Waals surface area (Å²) in [5.41, 5.74) is 1.15. The first-order valence-electron chi connectivity index (χ1n) is 8.74. The standard InChI is InChI=1S/C19H30ClNO2/c1-21(2)13-17(22)14-23-19-11-7-6-10-16(19)12-18(20)15-8-4-3-5-9-15/h6-7,10-11,15,17-18,22H,3-5,8-9,12-14H2,1-2H3. The van der Waals surface area contributed by atoms with Gasteiger partial charge in [0.25, 0.3) is 0 Å². The third kappa shape index (κ3) is 6.33. The van der Waals surface area contributed by atoms with Gasteiger partial charge in [-0.1, -0.05) is 37.5 Å². The molecule has 2 rings (SSSR count). The number of ether oxygens (including phenoxy) is 1. The summed E-state index contributed by atoms with van der Waals surface area (Å²) in [7, 11) is 3.89. The van der Waals surface area contributed by atoms with Crippen molar-refractivity contribution in [2.45, 2.75) is 50.0 Å². The van der Waals surface area contributed by atoms with E-state index >= 15 is 0 Å². The van der Waals surface area contributed by atoms with E-state index in [1.165, 1.54) is 32.1 Å². The number of aliphatic hydroxyl groups is 1. The molecule has 1 N–H and O–H groups in total. The Morgan fingerprint density at radius 2 is 1.91 bits per heavy atom. The van der Waals surface area contributed by atoms with Crippen LogP contribution in [0, 0.1) is 5.92 Å². The number of aliphatic hydroxyl groups excluding tert-OH is 1. The number of hydrogen-bond acceptors (Lipinski definition) is 3. The van der Waals surface area contributed by atoms with E-state index in [9.17, 15) is 5.11 Å². The predicted molar refractivity (Wildman–Crippen MR) is 96.4 cm³/mol. The topological polar surface area (TPSA) is 32.7 Å². The van der Waals surface area contributed by atoms with Crippen LogP contribution in [-0.4, -0.2) is 48.7 Å². The van der Waals surface area contributed by atoms with Crippen LogP contribution >= 0.6 is 11.6 Å². The third-order valence-electron chi connectivity index (χ3n) is 4.56. The molecule has 1 fully saturated rings. The zero-order chi connectivity index (χ0) is 16.7. The summed E-state index contributed by atoms with van der Waals surface area (Å²) < 4.78 is 5.85. The van der Waals surface area contributed by atoms with Gasteiger partial charge in [-0.05, 0) is 50.9 Å². The van der Waals surface area contributed by atoms with Crippen LogP contribution in [0.5, 0.6) is 5.75 Å². The largest absolute Gasteiger partial charge is 0.491 e. The Morgan fingerprint density at radius 1 is 1.22 bits per heavy atom. The Bertz CT molecular complexity index is 460. The molecule has 2 atom stereocenters. The second-order valence-electron chi connectivity index (χ2n) is 6.95. The van der Waals surface area contributed by atoms with Gasteiger partial charge in [-0.2, -0.15) is 0 Å². The van der Waals surface area contributed by atoms with E-state index in [2.05, 4.69) is 6.07 Å². The minimum Gasteiger partial charge on any atom is -0.491 e. The summed E-state index contributed by atoms with van der Waals surface area (Å²) in [6, 6.07) is 8.07. The van der Waals surface area contributed by atoms with E-state index < -0.39 is 6.10 Å². The van der Waals surface area contributed by atoms with Crippen molar-refractivity contribution in [2.24, 2.45) is 5.92 Å². The van der Waals surface area contributed by atoms with Crippen LogP contribution in [0.1, 0.15) is 37.7 Å². The highest BCUT2D eigenvalue weighted by atomic mass is 35.5. The molecule has 23 heavy (non-hydrogen) atoms. The highest BCUT2D eigenvalue weighted by molar-refractivity contribution is 6.20. The van der Waals surface area contributed by atoms with Crippen molar-refractivity contribution in [3.05, 3.63) is 29.8 Å². The summed E-state index contributed by atoms with van der Waals surface area (Å²) in [6.45, 7) is 0.911. The van der Waals surface area contributed by atoms with E-state index in [1.807, 2.05) is 37.2 Å². The fraction of sp³-hybridized carbons (Fsp3) is 0.684. The number of nitrogens with zero attached hydrogens (tertiary/aromatic N) is 1. The fourth-order valence-electron chi connectivity index (χ4n) is 3.35. The zero-order valence-corrected chi connectivity index (χ0v) is 15.1. The molecule has 0 bridgehead atoms. The number of halogens is 1. The molecule has 0 saturated heterocycles. The molecule has 0 radical (unpaired) electrons. The molecule has 3 nitrogen and oxygen atoms in total. The highest BCUT2D eigenvalue weighted by Crippen LogP contribution is 2.32.